The van der Waals surface area contributed by atoms with E-state index in [4.69, 9.17) is 9.47 Å². The molecule has 0 radical (unpaired) electrons. The molecule has 1 unspecified atom stereocenters. The van der Waals surface area contributed by atoms with Gasteiger partial charge in [0.25, 0.3) is 0 Å². The van der Waals surface area contributed by atoms with Crippen LogP contribution in [-0.2, 0) is 19.6 Å². The number of likely N-dealkylation sites (tertiary alicyclic amines) is 1. The monoisotopic (exact) mass is 538 g/mol. The Morgan fingerprint density at radius 1 is 1.05 bits per heavy atom. The van der Waals surface area contributed by atoms with Gasteiger partial charge in [-0.3, -0.25) is 9.69 Å². The molecule has 1 aliphatic carbocycles. The molecule has 0 aromatic heterocycles. The number of carbonyl (C=O) groups excluding carboxylic acids is 1. The molecule has 1 aromatic rings. The van der Waals surface area contributed by atoms with Gasteiger partial charge in [0.1, 0.15) is 12.4 Å². The number of sulfonamides is 1. The standard InChI is InChI=1S/C27H46N4O5S/c1-20-15-25(35-7)16-21(2)27(20)37(33,34)29(5)13-14-36-19-26(32)30(6)22-9-8-10-23(17-22)31-12-11-24(18-31)28(3)4/h15-16,22-24H,8-14,17-19H2,1-7H3/t22-,23-,24?/m0/s1. The van der Waals surface area contributed by atoms with Crippen molar-refractivity contribution in [1.29, 1.82) is 0 Å². The van der Waals surface area contributed by atoms with Gasteiger partial charge in [0.2, 0.25) is 15.9 Å². The van der Waals surface area contributed by atoms with Crippen LogP contribution in [0.2, 0.25) is 0 Å². The van der Waals surface area contributed by atoms with Gasteiger partial charge in [-0.15, -0.1) is 0 Å². The molecule has 2 fully saturated rings. The van der Waals surface area contributed by atoms with E-state index in [-0.39, 0.29) is 36.6 Å². The lowest BCUT2D eigenvalue weighted by Crippen LogP contribution is -2.47. The Morgan fingerprint density at radius 3 is 2.32 bits per heavy atom. The van der Waals surface area contributed by atoms with Crippen LogP contribution in [0, 0.1) is 13.8 Å². The average Bonchev–Trinajstić information content (AvgIpc) is 3.36. The summed E-state index contributed by atoms with van der Waals surface area (Å²) in [5.74, 6) is 0.579. The molecule has 3 atom stereocenters. The first-order chi connectivity index (χ1) is 17.4. The maximum absolute atomic E-state index is 13.2. The van der Waals surface area contributed by atoms with E-state index in [9.17, 15) is 13.2 Å². The van der Waals surface area contributed by atoms with Crippen molar-refractivity contribution >= 4 is 15.9 Å². The minimum absolute atomic E-state index is 0.0431. The Balaban J connectivity index is 1.46. The van der Waals surface area contributed by atoms with Crippen LogP contribution in [0.3, 0.4) is 0 Å². The van der Waals surface area contributed by atoms with Crippen molar-refractivity contribution in [2.24, 2.45) is 0 Å². The molecule has 1 aromatic carbocycles. The van der Waals surface area contributed by atoms with Gasteiger partial charge in [0.05, 0.1) is 18.6 Å². The van der Waals surface area contributed by atoms with Crippen molar-refractivity contribution in [1.82, 2.24) is 19.0 Å². The minimum Gasteiger partial charge on any atom is -0.497 e. The number of rotatable bonds is 11. The molecule has 0 N–H and O–H groups in total. The highest BCUT2D eigenvalue weighted by atomic mass is 32.2. The van der Waals surface area contributed by atoms with Crippen LogP contribution in [0.5, 0.6) is 5.75 Å². The number of hydrogen-bond donors (Lipinski definition) is 0. The third-order valence-electron chi connectivity index (χ3n) is 8.12. The molecule has 1 saturated heterocycles. The van der Waals surface area contributed by atoms with E-state index in [2.05, 4.69) is 23.9 Å². The molecule has 2 aliphatic rings. The quantitative estimate of drug-likeness (QED) is 0.400. The molecule has 1 heterocycles. The average molecular weight is 539 g/mol. The number of methoxy groups -OCH3 is 1. The first-order valence-corrected chi connectivity index (χ1v) is 14.7. The van der Waals surface area contributed by atoms with E-state index >= 15 is 0 Å². The zero-order valence-corrected chi connectivity index (χ0v) is 24.5. The zero-order chi connectivity index (χ0) is 27.3. The summed E-state index contributed by atoms with van der Waals surface area (Å²) in [6.07, 6.45) is 5.56. The Labute approximate surface area is 223 Å². The fourth-order valence-electron chi connectivity index (χ4n) is 5.71. The van der Waals surface area contributed by atoms with Gasteiger partial charge < -0.3 is 19.3 Å². The van der Waals surface area contributed by atoms with E-state index in [0.29, 0.717) is 29.0 Å². The summed E-state index contributed by atoms with van der Waals surface area (Å²) in [7, 11) is 5.59. The van der Waals surface area contributed by atoms with Crippen molar-refractivity contribution < 1.29 is 22.7 Å². The Hall–Kier alpha value is -1.72. The molecule has 37 heavy (non-hydrogen) atoms. The van der Waals surface area contributed by atoms with E-state index in [1.165, 1.54) is 24.2 Å². The topological polar surface area (TPSA) is 82.6 Å². The molecule has 9 nitrogen and oxygen atoms in total. The number of amides is 1. The highest BCUT2D eigenvalue weighted by molar-refractivity contribution is 7.89. The van der Waals surface area contributed by atoms with E-state index in [0.717, 1.165) is 32.4 Å². The van der Waals surface area contributed by atoms with Crippen LogP contribution in [0.1, 0.15) is 43.2 Å². The summed E-state index contributed by atoms with van der Waals surface area (Å²) in [4.78, 5) is 19.9. The summed E-state index contributed by atoms with van der Waals surface area (Å²) in [6.45, 7) is 6.04. The van der Waals surface area contributed by atoms with E-state index < -0.39 is 10.0 Å². The second kappa shape index (κ2) is 12.9. The SMILES string of the molecule is COc1cc(C)c(S(=O)(=O)N(C)CCOCC(=O)N(C)[C@H]2CCC[C@H](N3CCC(N(C)C)C3)C2)c(C)c1. The Morgan fingerprint density at radius 2 is 1.73 bits per heavy atom. The second-order valence-electron chi connectivity index (χ2n) is 10.8. The molecule has 1 aliphatic heterocycles. The van der Waals surface area contributed by atoms with Crippen LogP contribution in [-0.4, -0.2) is 120 Å². The lowest BCUT2D eigenvalue weighted by atomic mass is 9.89. The molecule has 0 spiro atoms. The number of benzene rings is 1. The van der Waals surface area contributed by atoms with Crippen molar-refractivity contribution in [2.75, 3.05) is 68.1 Å². The van der Waals surface area contributed by atoms with E-state index in [1.54, 1.807) is 33.1 Å². The van der Waals surface area contributed by atoms with Crippen molar-refractivity contribution in [3.63, 3.8) is 0 Å². The molecular weight excluding hydrogens is 492 g/mol. The summed E-state index contributed by atoms with van der Waals surface area (Å²) < 4.78 is 38.5. The zero-order valence-electron chi connectivity index (χ0n) is 23.7. The molecule has 1 amide bonds. The van der Waals surface area contributed by atoms with Gasteiger partial charge in [-0.05, 0) is 83.3 Å². The summed E-state index contributed by atoms with van der Waals surface area (Å²) >= 11 is 0. The molecule has 0 bridgehead atoms. The third-order valence-corrected chi connectivity index (χ3v) is 10.3. The second-order valence-corrected chi connectivity index (χ2v) is 12.8. The van der Waals surface area contributed by atoms with Gasteiger partial charge in [-0.2, -0.15) is 4.31 Å². The van der Waals surface area contributed by atoms with Crippen molar-refractivity contribution in [3.05, 3.63) is 23.3 Å². The predicted molar refractivity (Wildman–Crippen MR) is 146 cm³/mol. The summed E-state index contributed by atoms with van der Waals surface area (Å²) in [6, 6.07) is 4.81. The fraction of sp³-hybridized carbons (Fsp3) is 0.741. The van der Waals surface area contributed by atoms with Gasteiger partial charge in [-0.1, -0.05) is 0 Å². The number of carbonyl (C=O) groups is 1. The van der Waals surface area contributed by atoms with Crippen LogP contribution >= 0.6 is 0 Å². The number of hydrogen-bond acceptors (Lipinski definition) is 7. The van der Waals surface area contributed by atoms with Crippen molar-refractivity contribution in [2.45, 2.75) is 69.0 Å². The molecule has 10 heteroatoms. The minimum atomic E-state index is -3.69. The lowest BCUT2D eigenvalue weighted by molar-refractivity contribution is -0.137. The van der Waals surface area contributed by atoms with Crippen LogP contribution in [0.15, 0.2) is 17.0 Å². The number of nitrogens with zero attached hydrogens (tertiary/aromatic N) is 4. The molecule has 210 valence electrons. The Bertz CT molecular complexity index is 1010. The van der Waals surface area contributed by atoms with Gasteiger partial charge >= 0.3 is 0 Å². The molecule has 3 rings (SSSR count). The highest BCUT2D eigenvalue weighted by Gasteiger charge is 2.34. The summed E-state index contributed by atoms with van der Waals surface area (Å²) in [5, 5.41) is 0. The molecular formula is C27H46N4O5S. The van der Waals surface area contributed by atoms with Crippen LogP contribution in [0.4, 0.5) is 0 Å². The van der Waals surface area contributed by atoms with E-state index in [1.807, 2.05) is 11.9 Å². The first-order valence-electron chi connectivity index (χ1n) is 13.3. The number of aryl methyl sites for hydroxylation is 2. The lowest BCUT2D eigenvalue weighted by Gasteiger charge is -2.39. The number of likely N-dealkylation sites (N-methyl/N-ethyl adjacent to an activating group) is 3. The van der Waals surface area contributed by atoms with Crippen molar-refractivity contribution in [3.8, 4) is 5.75 Å². The van der Waals surface area contributed by atoms with Gasteiger partial charge in [0.15, 0.2) is 0 Å². The predicted octanol–water partition coefficient (Wildman–Crippen LogP) is 2.35. The summed E-state index contributed by atoms with van der Waals surface area (Å²) in [5.41, 5.74) is 1.27. The third kappa shape index (κ3) is 7.23. The Kier molecular flexibility index (Phi) is 10.4. The normalized spacial score (nSPS) is 23.1. The first kappa shape index (κ1) is 29.8. The van der Waals surface area contributed by atoms with Crippen LogP contribution in [0.25, 0.3) is 0 Å². The smallest absolute Gasteiger partial charge is 0.248 e. The fourth-order valence-corrected chi connectivity index (χ4v) is 7.27. The van der Waals surface area contributed by atoms with Crippen LogP contribution < -0.4 is 4.74 Å². The highest BCUT2D eigenvalue weighted by Crippen LogP contribution is 2.30. The maximum atomic E-state index is 13.2. The largest absolute Gasteiger partial charge is 0.497 e. The number of ether oxygens (including phenoxy) is 2. The van der Waals surface area contributed by atoms with Gasteiger partial charge in [0, 0.05) is 51.9 Å². The molecule has 1 saturated carbocycles. The maximum Gasteiger partial charge on any atom is 0.248 e. The van der Waals surface area contributed by atoms with Gasteiger partial charge in [-0.25, -0.2) is 8.42 Å².